The number of aliphatic hydroxyl groups is 1. The maximum absolute atomic E-state index is 13.6. The molecule has 7 atom stereocenters. The lowest BCUT2D eigenvalue weighted by atomic mass is 10.0. The first-order chi connectivity index (χ1) is 25.2. The number of nitrogens with one attached hydrogen (secondary N) is 10. The lowest BCUT2D eigenvalue weighted by molar-refractivity contribution is -0.135. The summed E-state index contributed by atoms with van der Waals surface area (Å²) in [6, 6.07) is -8.25. The summed E-state index contributed by atoms with van der Waals surface area (Å²) in [5, 5.41) is 40.4. The van der Waals surface area contributed by atoms with E-state index in [1.54, 1.807) is 0 Å². The minimum Gasteiger partial charge on any atom is -0.403 e. The summed E-state index contributed by atoms with van der Waals surface area (Å²) < 4.78 is 0. The third-order valence-corrected chi connectivity index (χ3v) is 8.26. The first kappa shape index (κ1) is 44.1. The molecule has 2 aliphatic heterocycles. The summed E-state index contributed by atoms with van der Waals surface area (Å²) >= 11 is 0. The molecule has 298 valence electrons. The van der Waals surface area contributed by atoms with Crippen molar-refractivity contribution < 1.29 is 38.7 Å². The Kier molecular flexibility index (Phi) is 18.9. The van der Waals surface area contributed by atoms with E-state index in [2.05, 4.69) is 47.9 Å². The van der Waals surface area contributed by atoms with E-state index in [4.69, 9.17) is 34.1 Å². The number of nitrogens with two attached hydrogens (primary N) is 5. The lowest BCUT2D eigenvalue weighted by Gasteiger charge is -2.33. The van der Waals surface area contributed by atoms with Crippen LogP contribution in [0.1, 0.15) is 44.9 Å². The highest BCUT2D eigenvalue weighted by Gasteiger charge is 2.36. The SMILES string of the molecule is N=C1NCCC([C@@H]2NC(=O)/C(=C/N)NC(=O)[C@H](CNC(=O)C[C@@H](N)CCCN)NC(=O)[C@H](CO)NC(=O)[C@@H](NC(=O)C[C@@H](N)CCCN)CNC2=O)N1. The Hall–Kier alpha value is -5.10. The Labute approximate surface area is 306 Å². The second kappa shape index (κ2) is 22.8. The molecule has 21 N–H and O–H groups in total. The summed E-state index contributed by atoms with van der Waals surface area (Å²) in [6.07, 6.45) is 2.63. The first-order valence-electron chi connectivity index (χ1n) is 17.3. The molecular weight excluding hydrogens is 698 g/mol. The van der Waals surface area contributed by atoms with Gasteiger partial charge in [0.1, 0.15) is 29.9 Å². The summed E-state index contributed by atoms with van der Waals surface area (Å²) in [7, 11) is 0. The largest absolute Gasteiger partial charge is 0.403 e. The van der Waals surface area contributed by atoms with E-state index in [9.17, 15) is 38.7 Å². The molecule has 0 saturated carbocycles. The number of amides is 7. The van der Waals surface area contributed by atoms with E-state index in [-0.39, 0.29) is 31.8 Å². The number of carbonyl (C=O) groups is 7. The number of hydrogen-bond donors (Lipinski definition) is 16. The molecule has 23 nitrogen and oxygen atoms in total. The molecule has 0 aromatic heterocycles. The summed E-state index contributed by atoms with van der Waals surface area (Å²) in [6.45, 7) is -1.08. The molecule has 0 radical (unpaired) electrons. The number of aliphatic hydroxyl groups excluding tert-OH is 1. The molecule has 0 aromatic rings. The van der Waals surface area contributed by atoms with Gasteiger partial charge >= 0.3 is 0 Å². The van der Waals surface area contributed by atoms with Crippen molar-refractivity contribution in [1.82, 2.24) is 47.9 Å². The molecule has 7 amide bonds. The van der Waals surface area contributed by atoms with Gasteiger partial charge in [-0.2, -0.15) is 0 Å². The van der Waals surface area contributed by atoms with Crippen molar-refractivity contribution in [3.8, 4) is 0 Å². The monoisotopic (exact) mass is 753 g/mol. The van der Waals surface area contributed by atoms with E-state index < -0.39 is 109 Å². The molecule has 2 aliphatic rings. The topological polar surface area (TPSA) is 402 Å². The normalized spacial score (nSPS) is 25.3. The van der Waals surface area contributed by atoms with Gasteiger partial charge in [-0.05, 0) is 45.2 Å². The Balaban J connectivity index is 2.46. The van der Waals surface area contributed by atoms with E-state index in [1.165, 1.54) is 0 Å². The average Bonchev–Trinajstić information content (AvgIpc) is 3.12. The third kappa shape index (κ3) is 15.2. The average molecular weight is 754 g/mol. The Morgan fingerprint density at radius 1 is 0.849 bits per heavy atom. The van der Waals surface area contributed by atoms with Gasteiger partial charge in [0.25, 0.3) is 5.91 Å². The van der Waals surface area contributed by atoms with Crippen LogP contribution in [0.2, 0.25) is 0 Å². The van der Waals surface area contributed by atoms with Gasteiger partial charge < -0.3 is 81.6 Å². The predicted octanol–water partition coefficient (Wildman–Crippen LogP) is -8.12. The van der Waals surface area contributed by atoms with Crippen LogP contribution in [0.5, 0.6) is 0 Å². The van der Waals surface area contributed by atoms with Gasteiger partial charge in [-0.3, -0.25) is 39.0 Å². The van der Waals surface area contributed by atoms with Crippen LogP contribution in [0, 0.1) is 5.41 Å². The van der Waals surface area contributed by atoms with Crippen LogP contribution in [0.3, 0.4) is 0 Å². The fraction of sp³-hybridized carbons (Fsp3) is 0.667. The molecule has 1 unspecified atom stereocenters. The minimum absolute atomic E-state index is 0.134. The Bertz CT molecular complexity index is 1350. The minimum atomic E-state index is -1.70. The number of guanidine groups is 1. The van der Waals surface area contributed by atoms with Gasteiger partial charge in [0.05, 0.1) is 12.6 Å². The van der Waals surface area contributed by atoms with E-state index in [0.717, 1.165) is 6.20 Å². The molecule has 0 aromatic carbocycles. The third-order valence-electron chi connectivity index (χ3n) is 8.26. The van der Waals surface area contributed by atoms with Crippen molar-refractivity contribution in [2.24, 2.45) is 28.7 Å². The van der Waals surface area contributed by atoms with Gasteiger partial charge in [0, 0.05) is 50.8 Å². The van der Waals surface area contributed by atoms with Crippen molar-refractivity contribution in [3.63, 3.8) is 0 Å². The molecule has 23 heteroatoms. The van der Waals surface area contributed by atoms with Gasteiger partial charge in [-0.25, -0.2) is 0 Å². The van der Waals surface area contributed by atoms with Crippen molar-refractivity contribution in [1.29, 1.82) is 5.41 Å². The molecule has 2 rings (SSSR count). The number of rotatable bonds is 15. The molecule has 2 fully saturated rings. The highest BCUT2D eigenvalue weighted by molar-refractivity contribution is 6.02. The van der Waals surface area contributed by atoms with Gasteiger partial charge in [0.2, 0.25) is 35.4 Å². The van der Waals surface area contributed by atoms with E-state index in [0.29, 0.717) is 38.8 Å². The second-order valence-electron chi connectivity index (χ2n) is 12.6. The zero-order chi connectivity index (χ0) is 39.5. The van der Waals surface area contributed by atoms with Crippen LogP contribution in [0.25, 0.3) is 0 Å². The van der Waals surface area contributed by atoms with Crippen molar-refractivity contribution in [3.05, 3.63) is 11.9 Å². The molecule has 2 saturated heterocycles. The first-order valence-corrected chi connectivity index (χ1v) is 17.3. The van der Waals surface area contributed by atoms with Crippen LogP contribution < -0.4 is 76.5 Å². The molecule has 0 aliphatic carbocycles. The maximum atomic E-state index is 13.6. The highest BCUT2D eigenvalue weighted by Crippen LogP contribution is 2.07. The predicted molar refractivity (Wildman–Crippen MR) is 190 cm³/mol. The lowest BCUT2D eigenvalue weighted by Crippen LogP contribution is -2.65. The van der Waals surface area contributed by atoms with Gasteiger partial charge in [-0.1, -0.05) is 0 Å². The fourth-order valence-electron chi connectivity index (χ4n) is 5.32. The van der Waals surface area contributed by atoms with Crippen LogP contribution in [0.15, 0.2) is 11.9 Å². The molecule has 2 heterocycles. The quantitative estimate of drug-likeness (QED) is 0.0691. The summed E-state index contributed by atoms with van der Waals surface area (Å²) in [5.41, 5.74) is 28.1. The van der Waals surface area contributed by atoms with E-state index in [1.807, 2.05) is 0 Å². The highest BCUT2D eigenvalue weighted by atomic mass is 16.3. The van der Waals surface area contributed by atoms with E-state index >= 15 is 0 Å². The van der Waals surface area contributed by atoms with Gasteiger partial charge in [-0.15, -0.1) is 0 Å². The molecule has 0 spiro atoms. The zero-order valence-corrected chi connectivity index (χ0v) is 29.5. The van der Waals surface area contributed by atoms with Crippen molar-refractivity contribution in [2.75, 3.05) is 39.3 Å². The standard InChI is InChI=1S/C30H55N15O8/c31-6-1-3-15(34)9-22(47)38-12-20-27(51)41-18(11-33)25(49)45-24(17-5-8-37-30(36)44-17)29(53)39-13-19(26(50)43-21(14-46)28(52)42-20)40-23(48)10-16(35)4-2-7-32/h11,15-17,19-21,24,46H,1-10,12-14,31-35H2,(H,38,47)(H,39,53)(H,40,48)(H,41,51)(H,42,52)(H,43,50)(H,45,49)(H3,36,37,44)/b18-11-/t15-,16-,17?,19-,20-,21-,24-/m0/s1. The Morgan fingerprint density at radius 2 is 1.47 bits per heavy atom. The number of carbonyl (C=O) groups excluding carboxylic acids is 7. The summed E-state index contributed by atoms with van der Waals surface area (Å²) in [4.78, 5) is 92.9. The number of hydrogen-bond acceptors (Lipinski definition) is 14. The zero-order valence-electron chi connectivity index (χ0n) is 29.5. The fourth-order valence-corrected chi connectivity index (χ4v) is 5.32. The smallest absolute Gasteiger partial charge is 0.270 e. The van der Waals surface area contributed by atoms with Gasteiger partial charge in [0.15, 0.2) is 5.96 Å². The van der Waals surface area contributed by atoms with Crippen LogP contribution in [-0.2, 0) is 33.6 Å². The molecular formula is C30H55N15O8. The van der Waals surface area contributed by atoms with Crippen LogP contribution in [-0.4, -0.2) is 134 Å². The van der Waals surface area contributed by atoms with Crippen molar-refractivity contribution >= 4 is 47.3 Å². The van der Waals surface area contributed by atoms with Crippen molar-refractivity contribution in [2.45, 2.75) is 87.2 Å². The molecule has 53 heavy (non-hydrogen) atoms. The van der Waals surface area contributed by atoms with Crippen LogP contribution >= 0.6 is 0 Å². The maximum Gasteiger partial charge on any atom is 0.270 e. The summed E-state index contributed by atoms with van der Waals surface area (Å²) in [5.74, 6) is -6.41. The molecule has 0 bridgehead atoms. The Morgan fingerprint density at radius 3 is 2.06 bits per heavy atom. The second-order valence-corrected chi connectivity index (χ2v) is 12.6. The van der Waals surface area contributed by atoms with Crippen LogP contribution in [0.4, 0.5) is 0 Å².